The number of halogens is 1. The van der Waals surface area contributed by atoms with Crippen LogP contribution < -0.4 is 15.0 Å². The van der Waals surface area contributed by atoms with E-state index < -0.39 is 17.0 Å². The number of nitrogens with zero attached hydrogens (tertiary/aromatic N) is 2. The maximum Gasteiger partial charge on any atom is 0.269 e. The number of para-hydroxylation sites is 1. The number of nitrogens with one attached hydrogen (secondary N) is 1. The molecule has 0 spiro atoms. The number of anilines is 2. The second-order valence-electron chi connectivity index (χ2n) is 7.42. The molecule has 170 valence electrons. The predicted molar refractivity (Wildman–Crippen MR) is 130 cm³/mol. The van der Waals surface area contributed by atoms with Crippen molar-refractivity contribution < 1.29 is 18.7 Å². The lowest BCUT2D eigenvalue weighted by atomic mass is 10.1. The summed E-state index contributed by atoms with van der Waals surface area (Å²) in [6, 6.07) is 23.5. The Hall–Kier alpha value is -4.09. The number of rotatable bonds is 6. The van der Waals surface area contributed by atoms with Crippen molar-refractivity contribution in [2.45, 2.75) is 11.7 Å². The summed E-state index contributed by atoms with van der Waals surface area (Å²) in [5.74, 6) is -0.616. The topological polar surface area (TPSA) is 82.4 Å². The summed E-state index contributed by atoms with van der Waals surface area (Å²) in [5, 5.41) is 12.2. The van der Waals surface area contributed by atoms with Crippen LogP contribution in [-0.2, 0) is 16.0 Å². The van der Waals surface area contributed by atoms with Crippen molar-refractivity contribution in [2.75, 3.05) is 17.3 Å². The number of methoxy groups -OCH3 is 1. The third kappa shape index (κ3) is 4.95. The molecule has 1 saturated heterocycles. The largest absolute Gasteiger partial charge is 0.497 e. The van der Waals surface area contributed by atoms with Gasteiger partial charge in [-0.25, -0.2) is 4.39 Å². The first-order valence-corrected chi connectivity index (χ1v) is 11.3. The lowest BCUT2D eigenvalue weighted by Gasteiger charge is -2.18. The number of ether oxygens (including phenoxy) is 1. The Morgan fingerprint density at radius 1 is 1.09 bits per heavy atom. The lowest BCUT2D eigenvalue weighted by Crippen LogP contribution is -2.30. The Morgan fingerprint density at radius 2 is 1.76 bits per heavy atom. The molecule has 0 saturated carbocycles. The van der Waals surface area contributed by atoms with E-state index in [1.165, 1.54) is 40.9 Å². The van der Waals surface area contributed by atoms with Gasteiger partial charge in [-0.05, 0) is 60.5 Å². The maximum absolute atomic E-state index is 13.4. The fourth-order valence-corrected chi connectivity index (χ4v) is 4.81. The predicted octanol–water partition coefficient (Wildman–Crippen LogP) is 4.90. The van der Waals surface area contributed by atoms with E-state index in [4.69, 9.17) is 4.74 Å². The molecule has 3 aromatic carbocycles. The Bertz CT molecular complexity index is 1270. The van der Waals surface area contributed by atoms with E-state index in [-0.39, 0.29) is 16.5 Å². The zero-order valence-electron chi connectivity index (χ0n) is 18.2. The number of hydrogen-bond donors (Lipinski definition) is 1. The lowest BCUT2D eigenvalue weighted by molar-refractivity contribution is -0.117. The number of amides is 2. The van der Waals surface area contributed by atoms with Crippen LogP contribution in [0.15, 0.2) is 89.5 Å². The van der Waals surface area contributed by atoms with E-state index in [9.17, 15) is 19.2 Å². The molecule has 1 fully saturated rings. The number of carbonyl (C=O) groups is 2. The molecule has 0 radical (unpaired) electrons. The van der Waals surface area contributed by atoms with Crippen molar-refractivity contribution in [3.8, 4) is 11.8 Å². The number of nitriles is 1. The summed E-state index contributed by atoms with van der Waals surface area (Å²) in [6.07, 6.45) is 0.415. The second-order valence-corrected chi connectivity index (χ2v) is 8.61. The van der Waals surface area contributed by atoms with Gasteiger partial charge in [-0.15, -0.1) is 0 Å². The van der Waals surface area contributed by atoms with Crippen molar-refractivity contribution in [2.24, 2.45) is 0 Å². The van der Waals surface area contributed by atoms with E-state index >= 15 is 0 Å². The first kappa shape index (κ1) is 23.1. The average molecular weight is 474 g/mol. The molecule has 0 aromatic heterocycles. The molecule has 6 nitrogen and oxygen atoms in total. The van der Waals surface area contributed by atoms with Gasteiger partial charge in [0.05, 0.1) is 12.4 Å². The zero-order valence-corrected chi connectivity index (χ0v) is 19.0. The van der Waals surface area contributed by atoms with Crippen LogP contribution in [0.1, 0.15) is 5.56 Å². The molecular formula is C26H20FN3O3S. The molecular weight excluding hydrogens is 453 g/mol. The van der Waals surface area contributed by atoms with Gasteiger partial charge in [0.15, 0.2) is 0 Å². The Kier molecular flexibility index (Phi) is 6.95. The maximum atomic E-state index is 13.4. The van der Waals surface area contributed by atoms with Gasteiger partial charge in [0.1, 0.15) is 28.2 Å². The minimum absolute atomic E-state index is 0.191. The first-order valence-electron chi connectivity index (χ1n) is 10.4. The van der Waals surface area contributed by atoms with Crippen LogP contribution in [0.2, 0.25) is 0 Å². The van der Waals surface area contributed by atoms with Crippen LogP contribution in [0, 0.1) is 17.1 Å². The normalized spacial score (nSPS) is 16.7. The quantitative estimate of drug-likeness (QED) is 0.407. The monoisotopic (exact) mass is 473 g/mol. The Balaban J connectivity index is 1.68. The molecule has 1 aliphatic heterocycles. The molecule has 1 atom stereocenters. The molecule has 34 heavy (non-hydrogen) atoms. The van der Waals surface area contributed by atoms with Crippen LogP contribution >= 0.6 is 11.8 Å². The molecule has 1 heterocycles. The van der Waals surface area contributed by atoms with Crippen molar-refractivity contribution in [1.82, 2.24) is 0 Å². The average Bonchev–Trinajstić information content (AvgIpc) is 3.17. The van der Waals surface area contributed by atoms with Gasteiger partial charge in [0.25, 0.3) is 5.91 Å². The van der Waals surface area contributed by atoms with Gasteiger partial charge in [0.2, 0.25) is 5.91 Å². The minimum atomic E-state index is -0.671. The van der Waals surface area contributed by atoms with E-state index in [2.05, 4.69) is 5.32 Å². The smallest absolute Gasteiger partial charge is 0.269 e. The molecule has 0 bridgehead atoms. The van der Waals surface area contributed by atoms with Gasteiger partial charge in [-0.1, -0.05) is 42.1 Å². The van der Waals surface area contributed by atoms with E-state index in [1.54, 1.807) is 31.4 Å². The fraction of sp³-hybridized carbons (Fsp3) is 0.115. The molecule has 3 aromatic rings. The van der Waals surface area contributed by atoms with Gasteiger partial charge >= 0.3 is 0 Å². The standard InChI is InChI=1S/C26H20FN3O3S/c1-33-21-13-7-17(8-14-21)15-23-25(32)30(20-5-3-2-4-6-20)26(34-23)22(16-28)24(31)29-19-11-9-18(27)10-12-19/h2-14,23H,15H2,1H3,(H,29,31)/b26-22-/t23-/m1/s1. The third-order valence-electron chi connectivity index (χ3n) is 5.20. The highest BCUT2D eigenvalue weighted by atomic mass is 32.2. The number of thioether (sulfide) groups is 1. The van der Waals surface area contributed by atoms with Gasteiger partial charge < -0.3 is 10.1 Å². The third-order valence-corrected chi connectivity index (χ3v) is 6.46. The first-order chi connectivity index (χ1) is 16.5. The van der Waals surface area contributed by atoms with Gasteiger partial charge in [-0.3, -0.25) is 14.5 Å². The fourth-order valence-electron chi connectivity index (χ4n) is 3.50. The zero-order chi connectivity index (χ0) is 24.1. The highest BCUT2D eigenvalue weighted by Crippen LogP contribution is 2.42. The SMILES string of the molecule is COc1ccc(C[C@H]2S/C(=C(/C#N)C(=O)Nc3ccc(F)cc3)N(c3ccccc3)C2=O)cc1. The van der Waals surface area contributed by atoms with Crippen molar-refractivity contribution in [3.63, 3.8) is 0 Å². The molecule has 1 N–H and O–H groups in total. The summed E-state index contributed by atoms with van der Waals surface area (Å²) in [7, 11) is 1.58. The van der Waals surface area contributed by atoms with Gasteiger partial charge in [-0.2, -0.15) is 5.26 Å². The molecule has 4 rings (SSSR count). The number of hydrogen-bond acceptors (Lipinski definition) is 5. The summed E-state index contributed by atoms with van der Waals surface area (Å²) in [6.45, 7) is 0. The summed E-state index contributed by atoms with van der Waals surface area (Å²) in [4.78, 5) is 27.8. The molecule has 2 amide bonds. The highest BCUT2D eigenvalue weighted by Gasteiger charge is 2.40. The van der Waals surface area contributed by atoms with Crippen molar-refractivity contribution >= 4 is 35.0 Å². The van der Waals surface area contributed by atoms with Gasteiger partial charge in [0, 0.05) is 11.4 Å². The van der Waals surface area contributed by atoms with E-state index in [1.807, 2.05) is 36.4 Å². The Labute approximate surface area is 200 Å². The second kappa shape index (κ2) is 10.2. The van der Waals surface area contributed by atoms with Crippen molar-refractivity contribution in [3.05, 3.63) is 101 Å². The van der Waals surface area contributed by atoms with Crippen LogP contribution in [0.25, 0.3) is 0 Å². The summed E-state index contributed by atoms with van der Waals surface area (Å²) < 4.78 is 18.4. The van der Waals surface area contributed by atoms with Crippen molar-refractivity contribution in [1.29, 1.82) is 5.26 Å². The number of benzene rings is 3. The van der Waals surface area contributed by atoms with E-state index in [0.717, 1.165) is 5.56 Å². The summed E-state index contributed by atoms with van der Waals surface area (Å²) >= 11 is 1.18. The Morgan fingerprint density at radius 3 is 2.38 bits per heavy atom. The molecule has 8 heteroatoms. The van der Waals surface area contributed by atoms with Crippen LogP contribution in [0.3, 0.4) is 0 Å². The van der Waals surface area contributed by atoms with E-state index in [0.29, 0.717) is 23.5 Å². The molecule has 0 aliphatic carbocycles. The van der Waals surface area contributed by atoms with Crippen LogP contribution in [0.4, 0.5) is 15.8 Å². The molecule has 0 unspecified atom stereocenters. The highest BCUT2D eigenvalue weighted by molar-refractivity contribution is 8.05. The minimum Gasteiger partial charge on any atom is -0.497 e. The molecule has 1 aliphatic rings. The van der Waals surface area contributed by atoms with Crippen LogP contribution in [-0.4, -0.2) is 24.2 Å². The number of carbonyl (C=O) groups excluding carboxylic acids is 2. The summed E-state index contributed by atoms with van der Waals surface area (Å²) in [5.41, 5.74) is 1.64. The van der Waals surface area contributed by atoms with Crippen LogP contribution in [0.5, 0.6) is 5.75 Å².